The SMILES string of the molecule is C=CCCCNc1ccc(C)c(C(=O)N(C)C)c1. The molecule has 0 radical (unpaired) electrons. The first-order chi connectivity index (χ1) is 8.56. The molecular formula is C15H22N2O. The highest BCUT2D eigenvalue weighted by atomic mass is 16.2. The third-order valence-electron chi connectivity index (χ3n) is 2.79. The topological polar surface area (TPSA) is 32.3 Å². The molecule has 0 unspecified atom stereocenters. The molecule has 0 heterocycles. The number of benzene rings is 1. The molecule has 1 N–H and O–H groups in total. The number of hydrogen-bond acceptors (Lipinski definition) is 2. The molecule has 0 bridgehead atoms. The van der Waals surface area contributed by atoms with Gasteiger partial charge in [-0.3, -0.25) is 4.79 Å². The minimum absolute atomic E-state index is 0.0437. The van der Waals surface area contributed by atoms with Gasteiger partial charge < -0.3 is 10.2 Å². The third kappa shape index (κ3) is 3.91. The highest BCUT2D eigenvalue weighted by Crippen LogP contribution is 2.16. The average molecular weight is 246 g/mol. The normalized spacial score (nSPS) is 9.94. The van der Waals surface area contributed by atoms with Gasteiger partial charge in [0, 0.05) is 31.9 Å². The molecule has 1 amide bonds. The van der Waals surface area contributed by atoms with Crippen molar-refractivity contribution >= 4 is 11.6 Å². The Morgan fingerprint density at radius 2 is 2.17 bits per heavy atom. The number of nitrogens with zero attached hydrogens (tertiary/aromatic N) is 1. The number of hydrogen-bond donors (Lipinski definition) is 1. The van der Waals surface area contributed by atoms with Crippen LogP contribution in [-0.4, -0.2) is 31.4 Å². The van der Waals surface area contributed by atoms with E-state index in [-0.39, 0.29) is 5.91 Å². The second-order valence-corrected chi connectivity index (χ2v) is 4.59. The summed E-state index contributed by atoms with van der Waals surface area (Å²) in [4.78, 5) is 13.6. The fourth-order valence-electron chi connectivity index (χ4n) is 1.68. The quantitative estimate of drug-likeness (QED) is 0.618. The summed E-state index contributed by atoms with van der Waals surface area (Å²) in [6, 6.07) is 5.91. The monoisotopic (exact) mass is 246 g/mol. The minimum atomic E-state index is 0.0437. The van der Waals surface area contributed by atoms with Crippen LogP contribution in [0.25, 0.3) is 0 Å². The first-order valence-corrected chi connectivity index (χ1v) is 6.23. The highest BCUT2D eigenvalue weighted by Gasteiger charge is 2.11. The maximum absolute atomic E-state index is 12.0. The van der Waals surface area contributed by atoms with Crippen molar-refractivity contribution in [2.24, 2.45) is 0 Å². The summed E-state index contributed by atoms with van der Waals surface area (Å²) in [7, 11) is 3.54. The van der Waals surface area contributed by atoms with Crippen molar-refractivity contribution < 1.29 is 4.79 Å². The number of aryl methyl sites for hydroxylation is 1. The van der Waals surface area contributed by atoms with Gasteiger partial charge in [-0.15, -0.1) is 6.58 Å². The van der Waals surface area contributed by atoms with E-state index >= 15 is 0 Å². The molecule has 0 fully saturated rings. The van der Waals surface area contributed by atoms with Crippen LogP contribution in [0.2, 0.25) is 0 Å². The lowest BCUT2D eigenvalue weighted by molar-refractivity contribution is 0.0827. The molecule has 1 rings (SSSR count). The van der Waals surface area contributed by atoms with Crippen LogP contribution >= 0.6 is 0 Å². The van der Waals surface area contributed by atoms with Crippen molar-refractivity contribution in [3.05, 3.63) is 42.0 Å². The van der Waals surface area contributed by atoms with Gasteiger partial charge in [0.15, 0.2) is 0 Å². The van der Waals surface area contributed by atoms with Crippen molar-refractivity contribution in [2.45, 2.75) is 19.8 Å². The number of carbonyl (C=O) groups excluding carboxylic acids is 1. The summed E-state index contributed by atoms with van der Waals surface area (Å²) >= 11 is 0. The van der Waals surface area contributed by atoms with Crippen LogP contribution in [0.5, 0.6) is 0 Å². The van der Waals surface area contributed by atoms with Gasteiger partial charge in [0.1, 0.15) is 0 Å². The van der Waals surface area contributed by atoms with Gasteiger partial charge in [-0.2, -0.15) is 0 Å². The van der Waals surface area contributed by atoms with E-state index in [9.17, 15) is 4.79 Å². The van der Waals surface area contributed by atoms with E-state index in [0.29, 0.717) is 0 Å². The smallest absolute Gasteiger partial charge is 0.253 e. The summed E-state index contributed by atoms with van der Waals surface area (Å²) < 4.78 is 0. The van der Waals surface area contributed by atoms with Crippen LogP contribution in [0.1, 0.15) is 28.8 Å². The highest BCUT2D eigenvalue weighted by molar-refractivity contribution is 5.96. The van der Waals surface area contributed by atoms with Crippen LogP contribution in [0, 0.1) is 6.92 Å². The van der Waals surface area contributed by atoms with Gasteiger partial charge in [0.05, 0.1) is 0 Å². The number of allylic oxidation sites excluding steroid dienone is 1. The van der Waals surface area contributed by atoms with Gasteiger partial charge in [-0.05, 0) is 37.5 Å². The van der Waals surface area contributed by atoms with E-state index in [1.54, 1.807) is 19.0 Å². The Labute approximate surface area is 109 Å². The zero-order chi connectivity index (χ0) is 13.5. The largest absolute Gasteiger partial charge is 0.385 e. The number of nitrogens with one attached hydrogen (secondary N) is 1. The summed E-state index contributed by atoms with van der Waals surface area (Å²) in [6.07, 6.45) is 3.97. The predicted molar refractivity (Wildman–Crippen MR) is 77.1 cm³/mol. The van der Waals surface area contributed by atoms with E-state index in [4.69, 9.17) is 0 Å². The van der Waals surface area contributed by atoms with E-state index in [1.165, 1.54) is 0 Å². The van der Waals surface area contributed by atoms with Gasteiger partial charge in [-0.25, -0.2) is 0 Å². The second-order valence-electron chi connectivity index (χ2n) is 4.59. The molecule has 1 aromatic carbocycles. The van der Waals surface area contributed by atoms with Crippen LogP contribution in [0.3, 0.4) is 0 Å². The Morgan fingerprint density at radius 1 is 1.44 bits per heavy atom. The van der Waals surface area contributed by atoms with E-state index in [2.05, 4.69) is 11.9 Å². The molecule has 1 aromatic rings. The summed E-state index contributed by atoms with van der Waals surface area (Å²) in [5.74, 6) is 0.0437. The number of anilines is 1. The lowest BCUT2D eigenvalue weighted by Gasteiger charge is -2.14. The maximum atomic E-state index is 12.0. The Kier molecular flexibility index (Phi) is 5.43. The average Bonchev–Trinajstić information content (AvgIpc) is 2.35. The predicted octanol–water partition coefficient (Wildman–Crippen LogP) is 3.07. The van der Waals surface area contributed by atoms with Crippen molar-refractivity contribution in [3.63, 3.8) is 0 Å². The first-order valence-electron chi connectivity index (χ1n) is 6.23. The Bertz CT molecular complexity index is 425. The molecule has 0 saturated carbocycles. The van der Waals surface area contributed by atoms with Crippen molar-refractivity contribution in [2.75, 3.05) is 26.0 Å². The zero-order valence-corrected chi connectivity index (χ0v) is 11.5. The molecule has 18 heavy (non-hydrogen) atoms. The van der Waals surface area contributed by atoms with Crippen LogP contribution in [0.15, 0.2) is 30.9 Å². The van der Waals surface area contributed by atoms with Gasteiger partial charge in [0.25, 0.3) is 5.91 Å². The molecular weight excluding hydrogens is 224 g/mol. The van der Waals surface area contributed by atoms with E-state index in [0.717, 1.165) is 36.2 Å². The van der Waals surface area contributed by atoms with Crippen molar-refractivity contribution in [1.29, 1.82) is 0 Å². The maximum Gasteiger partial charge on any atom is 0.253 e. The number of unbranched alkanes of at least 4 members (excludes halogenated alkanes) is 1. The standard InChI is InChI=1S/C15H22N2O/c1-5-6-7-10-16-13-9-8-12(2)14(11-13)15(18)17(3)4/h5,8-9,11,16H,1,6-7,10H2,2-4H3. The fourth-order valence-corrected chi connectivity index (χ4v) is 1.68. The van der Waals surface area contributed by atoms with Crippen LogP contribution < -0.4 is 5.32 Å². The minimum Gasteiger partial charge on any atom is -0.385 e. The summed E-state index contributed by atoms with van der Waals surface area (Å²) in [5, 5.41) is 3.32. The molecule has 3 nitrogen and oxygen atoms in total. The Balaban J connectivity index is 2.74. The van der Waals surface area contributed by atoms with E-state index < -0.39 is 0 Å². The lowest BCUT2D eigenvalue weighted by Crippen LogP contribution is -2.22. The van der Waals surface area contributed by atoms with Crippen LogP contribution in [0.4, 0.5) is 5.69 Å². The molecule has 0 aliphatic rings. The summed E-state index contributed by atoms with van der Waals surface area (Å²) in [6.45, 7) is 6.55. The number of amides is 1. The molecule has 0 aromatic heterocycles. The van der Waals surface area contributed by atoms with Gasteiger partial charge in [-0.1, -0.05) is 12.1 Å². The summed E-state index contributed by atoms with van der Waals surface area (Å²) in [5.41, 5.74) is 2.76. The van der Waals surface area contributed by atoms with Crippen molar-refractivity contribution in [1.82, 2.24) is 4.90 Å². The van der Waals surface area contributed by atoms with Crippen LogP contribution in [-0.2, 0) is 0 Å². The van der Waals surface area contributed by atoms with Gasteiger partial charge in [0.2, 0.25) is 0 Å². The molecule has 98 valence electrons. The Hall–Kier alpha value is -1.77. The molecule has 0 atom stereocenters. The van der Waals surface area contributed by atoms with Gasteiger partial charge >= 0.3 is 0 Å². The Morgan fingerprint density at radius 3 is 2.78 bits per heavy atom. The van der Waals surface area contributed by atoms with Crippen molar-refractivity contribution in [3.8, 4) is 0 Å². The molecule has 0 aliphatic heterocycles. The molecule has 0 aliphatic carbocycles. The molecule has 0 saturated heterocycles. The third-order valence-corrected chi connectivity index (χ3v) is 2.79. The fraction of sp³-hybridized carbons (Fsp3) is 0.400. The lowest BCUT2D eigenvalue weighted by atomic mass is 10.1. The number of rotatable bonds is 6. The first kappa shape index (κ1) is 14.3. The molecule has 0 spiro atoms. The zero-order valence-electron chi connectivity index (χ0n) is 11.5. The number of carbonyl (C=O) groups is 1. The van der Waals surface area contributed by atoms with E-state index in [1.807, 2.05) is 31.2 Å². The second kappa shape index (κ2) is 6.84. The molecule has 3 heteroatoms.